The van der Waals surface area contributed by atoms with Crippen LogP contribution < -0.4 is 10.1 Å². The van der Waals surface area contributed by atoms with E-state index in [-0.39, 0.29) is 11.6 Å². The molecule has 3 nitrogen and oxygen atoms in total. The standard InChI is InChI=1S/C15H23NO2/c1-4-15(2)9-10-18-14(11-16-15)12-5-7-13(17-3)8-6-12/h5-8,14,16H,4,9-11H2,1-3H3. The van der Waals surface area contributed by atoms with Gasteiger partial charge in [-0.3, -0.25) is 0 Å². The van der Waals surface area contributed by atoms with Crippen molar-refractivity contribution in [3.8, 4) is 5.75 Å². The molecule has 0 bridgehead atoms. The first-order valence-corrected chi connectivity index (χ1v) is 6.67. The summed E-state index contributed by atoms with van der Waals surface area (Å²) in [4.78, 5) is 0. The highest BCUT2D eigenvalue weighted by molar-refractivity contribution is 5.28. The van der Waals surface area contributed by atoms with Crippen molar-refractivity contribution in [2.45, 2.75) is 38.3 Å². The Morgan fingerprint density at radius 3 is 2.72 bits per heavy atom. The Labute approximate surface area is 109 Å². The van der Waals surface area contributed by atoms with Gasteiger partial charge in [0.05, 0.1) is 13.2 Å². The zero-order valence-electron chi connectivity index (χ0n) is 11.5. The minimum atomic E-state index is 0.143. The van der Waals surface area contributed by atoms with Crippen molar-refractivity contribution < 1.29 is 9.47 Å². The summed E-state index contributed by atoms with van der Waals surface area (Å²) in [7, 11) is 1.69. The van der Waals surface area contributed by atoms with E-state index in [0.29, 0.717) is 0 Å². The molecule has 2 rings (SSSR count). The van der Waals surface area contributed by atoms with Crippen molar-refractivity contribution in [2.75, 3.05) is 20.3 Å². The first kappa shape index (κ1) is 13.4. The predicted molar refractivity (Wildman–Crippen MR) is 73.0 cm³/mol. The summed E-state index contributed by atoms with van der Waals surface area (Å²) in [5.74, 6) is 0.888. The smallest absolute Gasteiger partial charge is 0.118 e. The molecule has 1 aromatic carbocycles. The van der Waals surface area contributed by atoms with Crippen LogP contribution in [-0.2, 0) is 4.74 Å². The van der Waals surface area contributed by atoms with Crippen LogP contribution in [0.5, 0.6) is 5.75 Å². The van der Waals surface area contributed by atoms with Gasteiger partial charge in [-0.2, -0.15) is 0 Å². The van der Waals surface area contributed by atoms with E-state index in [4.69, 9.17) is 9.47 Å². The van der Waals surface area contributed by atoms with Gasteiger partial charge in [-0.25, -0.2) is 0 Å². The van der Waals surface area contributed by atoms with E-state index in [1.54, 1.807) is 7.11 Å². The molecule has 100 valence electrons. The minimum Gasteiger partial charge on any atom is -0.497 e. The van der Waals surface area contributed by atoms with Gasteiger partial charge >= 0.3 is 0 Å². The van der Waals surface area contributed by atoms with E-state index in [1.165, 1.54) is 5.56 Å². The maximum Gasteiger partial charge on any atom is 0.118 e. The lowest BCUT2D eigenvalue weighted by molar-refractivity contribution is 0.0653. The van der Waals surface area contributed by atoms with Gasteiger partial charge < -0.3 is 14.8 Å². The second-order valence-corrected chi connectivity index (χ2v) is 5.18. The van der Waals surface area contributed by atoms with Crippen molar-refractivity contribution in [1.29, 1.82) is 0 Å². The van der Waals surface area contributed by atoms with Gasteiger partial charge in [0, 0.05) is 18.7 Å². The van der Waals surface area contributed by atoms with Crippen LogP contribution in [0.3, 0.4) is 0 Å². The lowest BCUT2D eigenvalue weighted by atomic mass is 9.95. The Morgan fingerprint density at radius 1 is 1.39 bits per heavy atom. The largest absolute Gasteiger partial charge is 0.497 e. The van der Waals surface area contributed by atoms with Crippen LogP contribution in [0.2, 0.25) is 0 Å². The molecule has 18 heavy (non-hydrogen) atoms. The van der Waals surface area contributed by atoms with Gasteiger partial charge in [-0.05, 0) is 37.5 Å². The van der Waals surface area contributed by atoms with E-state index in [9.17, 15) is 0 Å². The predicted octanol–water partition coefficient (Wildman–Crippen LogP) is 2.91. The first-order chi connectivity index (χ1) is 8.67. The van der Waals surface area contributed by atoms with Gasteiger partial charge in [-0.15, -0.1) is 0 Å². The fourth-order valence-electron chi connectivity index (χ4n) is 2.25. The molecule has 0 amide bonds. The van der Waals surface area contributed by atoms with E-state index < -0.39 is 0 Å². The number of hydrogen-bond acceptors (Lipinski definition) is 3. The molecule has 0 aromatic heterocycles. The average Bonchev–Trinajstić information content (AvgIpc) is 2.62. The minimum absolute atomic E-state index is 0.143. The molecule has 1 aromatic rings. The van der Waals surface area contributed by atoms with Crippen LogP contribution in [0.1, 0.15) is 38.4 Å². The second-order valence-electron chi connectivity index (χ2n) is 5.18. The van der Waals surface area contributed by atoms with Crippen LogP contribution >= 0.6 is 0 Å². The summed E-state index contributed by atoms with van der Waals surface area (Å²) < 4.78 is 11.1. The maximum atomic E-state index is 5.96. The number of benzene rings is 1. The number of methoxy groups -OCH3 is 1. The van der Waals surface area contributed by atoms with Crippen molar-refractivity contribution in [1.82, 2.24) is 5.32 Å². The first-order valence-electron chi connectivity index (χ1n) is 6.67. The summed E-state index contributed by atoms with van der Waals surface area (Å²) in [6.07, 6.45) is 2.34. The molecule has 2 atom stereocenters. The Morgan fingerprint density at radius 2 is 2.11 bits per heavy atom. The van der Waals surface area contributed by atoms with Crippen LogP contribution in [0.4, 0.5) is 0 Å². The number of ether oxygens (including phenoxy) is 2. The van der Waals surface area contributed by atoms with Crippen LogP contribution in [0.15, 0.2) is 24.3 Å². The van der Waals surface area contributed by atoms with Gasteiger partial charge in [0.15, 0.2) is 0 Å². The van der Waals surface area contributed by atoms with Crippen molar-refractivity contribution >= 4 is 0 Å². The quantitative estimate of drug-likeness (QED) is 0.893. The topological polar surface area (TPSA) is 30.5 Å². The molecule has 0 saturated carbocycles. The normalized spacial score (nSPS) is 28.7. The summed E-state index contributed by atoms with van der Waals surface area (Å²) in [5.41, 5.74) is 1.42. The summed E-state index contributed by atoms with van der Waals surface area (Å²) in [6.45, 7) is 6.18. The zero-order valence-corrected chi connectivity index (χ0v) is 11.5. The molecule has 1 heterocycles. The molecule has 1 N–H and O–H groups in total. The summed E-state index contributed by atoms with van der Waals surface area (Å²) >= 11 is 0. The monoisotopic (exact) mass is 249 g/mol. The average molecular weight is 249 g/mol. The molecule has 0 spiro atoms. The van der Waals surface area contributed by atoms with E-state index >= 15 is 0 Å². The number of rotatable bonds is 3. The number of nitrogens with one attached hydrogen (secondary N) is 1. The summed E-state index contributed by atoms with van der Waals surface area (Å²) in [6, 6.07) is 8.14. The van der Waals surface area contributed by atoms with E-state index in [2.05, 4.69) is 31.3 Å². The highest BCUT2D eigenvalue weighted by Crippen LogP contribution is 2.26. The third-order valence-corrected chi connectivity index (χ3v) is 3.96. The van der Waals surface area contributed by atoms with Gasteiger partial charge in [-0.1, -0.05) is 19.1 Å². The molecule has 1 aliphatic heterocycles. The van der Waals surface area contributed by atoms with E-state index in [0.717, 1.165) is 31.7 Å². The molecular formula is C15H23NO2. The Balaban J connectivity index is 2.05. The fraction of sp³-hybridized carbons (Fsp3) is 0.600. The van der Waals surface area contributed by atoms with Crippen LogP contribution in [0.25, 0.3) is 0 Å². The third-order valence-electron chi connectivity index (χ3n) is 3.96. The summed E-state index contributed by atoms with van der Waals surface area (Å²) in [5, 5.41) is 3.63. The molecule has 0 aliphatic carbocycles. The van der Waals surface area contributed by atoms with Crippen molar-refractivity contribution in [2.24, 2.45) is 0 Å². The van der Waals surface area contributed by atoms with Crippen molar-refractivity contribution in [3.63, 3.8) is 0 Å². The van der Waals surface area contributed by atoms with Gasteiger partial charge in [0.2, 0.25) is 0 Å². The molecule has 1 aliphatic rings. The molecule has 3 heteroatoms. The van der Waals surface area contributed by atoms with Gasteiger partial charge in [0.25, 0.3) is 0 Å². The Bertz CT molecular complexity index is 377. The van der Waals surface area contributed by atoms with Gasteiger partial charge in [0.1, 0.15) is 5.75 Å². The molecule has 1 saturated heterocycles. The second kappa shape index (κ2) is 5.72. The molecule has 1 fully saturated rings. The lowest BCUT2D eigenvalue weighted by Gasteiger charge is -2.27. The molecule has 2 unspecified atom stereocenters. The fourth-order valence-corrected chi connectivity index (χ4v) is 2.25. The molecular weight excluding hydrogens is 226 g/mol. The molecule has 0 radical (unpaired) electrons. The highest BCUT2D eigenvalue weighted by atomic mass is 16.5. The lowest BCUT2D eigenvalue weighted by Crippen LogP contribution is -2.42. The van der Waals surface area contributed by atoms with Crippen molar-refractivity contribution in [3.05, 3.63) is 29.8 Å². The Kier molecular flexibility index (Phi) is 4.25. The number of hydrogen-bond donors (Lipinski definition) is 1. The highest BCUT2D eigenvalue weighted by Gasteiger charge is 2.27. The van der Waals surface area contributed by atoms with E-state index in [1.807, 2.05) is 12.1 Å². The zero-order chi connectivity index (χ0) is 13.0. The van der Waals surface area contributed by atoms with Crippen LogP contribution in [-0.4, -0.2) is 25.8 Å². The maximum absolute atomic E-state index is 5.96. The van der Waals surface area contributed by atoms with Crippen LogP contribution in [0, 0.1) is 0 Å². The third kappa shape index (κ3) is 3.03. The SMILES string of the molecule is CCC1(C)CCOC(c2ccc(OC)cc2)CN1. The Hall–Kier alpha value is -1.06.